The van der Waals surface area contributed by atoms with Crippen LogP contribution in [0.25, 0.3) is 0 Å². The minimum absolute atomic E-state index is 0.166. The lowest BCUT2D eigenvalue weighted by Crippen LogP contribution is -2.63. The van der Waals surface area contributed by atoms with Gasteiger partial charge in [0.15, 0.2) is 18.7 Å². The predicted octanol–water partition coefficient (Wildman–Crippen LogP) is -4.27. The fraction of sp³-hybridized carbons (Fsp3) is 0.636. The number of nitrogen functional groups attached to an aromatic ring is 1. The van der Waals surface area contributed by atoms with Gasteiger partial charge >= 0.3 is 11.9 Å². The van der Waals surface area contributed by atoms with Crippen LogP contribution < -0.4 is 11.1 Å². The minimum atomic E-state index is -1.95. The number of ether oxygens (including phenoxy) is 5. The number of nitrogens with two attached hydrogens (primary N) is 1. The Morgan fingerprint density at radius 2 is 1.74 bits per heavy atom. The highest BCUT2D eigenvalue weighted by Crippen LogP contribution is 2.28. The zero-order valence-corrected chi connectivity index (χ0v) is 20.2. The number of phenols is 1. The van der Waals surface area contributed by atoms with Crippen molar-refractivity contribution in [2.75, 3.05) is 32.8 Å². The molecule has 0 saturated carbocycles. The van der Waals surface area contributed by atoms with Gasteiger partial charge in [0, 0.05) is 11.6 Å². The maximum atomic E-state index is 12.5. The molecule has 0 bridgehead atoms. The van der Waals surface area contributed by atoms with Gasteiger partial charge in [-0.05, 0) is 25.2 Å². The Balaban J connectivity index is 1.60. The van der Waals surface area contributed by atoms with E-state index < -0.39 is 98.9 Å². The molecule has 16 nitrogen and oxygen atoms in total. The lowest BCUT2D eigenvalue weighted by Gasteiger charge is -2.44. The fourth-order valence-electron chi connectivity index (χ4n) is 4.16. The lowest BCUT2D eigenvalue weighted by atomic mass is 9.88. The predicted molar refractivity (Wildman–Crippen MR) is 122 cm³/mol. The van der Waals surface area contributed by atoms with Crippen LogP contribution in [0.1, 0.15) is 10.4 Å². The number of carbonyl (C=O) groups is 2. The molecule has 214 valence electrons. The van der Waals surface area contributed by atoms with Crippen molar-refractivity contribution in [3.63, 3.8) is 0 Å². The van der Waals surface area contributed by atoms with Crippen molar-refractivity contribution in [2.45, 2.75) is 55.2 Å². The smallest absolute Gasteiger partial charge is 0.344 e. The summed E-state index contributed by atoms with van der Waals surface area (Å²) in [7, 11) is 1.48. The Bertz CT molecular complexity index is 966. The number of aliphatic hydroxyl groups is 6. The Hall–Kier alpha value is -2.64. The monoisotopic (exact) mass is 548 g/mol. The molecule has 0 aliphatic carbocycles. The number of nitrogens with one attached hydrogen (secondary N) is 1. The second-order valence-electron chi connectivity index (χ2n) is 8.74. The van der Waals surface area contributed by atoms with E-state index in [1.807, 2.05) is 0 Å². The van der Waals surface area contributed by atoms with E-state index >= 15 is 0 Å². The maximum Gasteiger partial charge on any atom is 0.344 e. The minimum Gasteiger partial charge on any atom is -0.507 e. The average Bonchev–Trinajstić information content (AvgIpc) is 2.89. The van der Waals surface area contributed by atoms with Gasteiger partial charge in [-0.25, -0.2) is 9.59 Å². The van der Waals surface area contributed by atoms with Crippen LogP contribution in [0.2, 0.25) is 0 Å². The van der Waals surface area contributed by atoms with Gasteiger partial charge in [0.25, 0.3) is 0 Å². The molecule has 3 rings (SSSR count). The average molecular weight is 548 g/mol. The van der Waals surface area contributed by atoms with Crippen molar-refractivity contribution in [3.8, 4) is 5.75 Å². The van der Waals surface area contributed by atoms with Crippen molar-refractivity contribution in [2.24, 2.45) is 5.92 Å². The van der Waals surface area contributed by atoms with Crippen LogP contribution in [0.4, 0.5) is 5.69 Å². The van der Waals surface area contributed by atoms with Gasteiger partial charge in [-0.1, -0.05) is 0 Å². The summed E-state index contributed by atoms with van der Waals surface area (Å²) in [4.78, 5) is 24.6. The van der Waals surface area contributed by atoms with Gasteiger partial charge in [-0.3, -0.25) is 0 Å². The second kappa shape index (κ2) is 12.9. The molecule has 16 heteroatoms. The molecule has 38 heavy (non-hydrogen) atoms. The van der Waals surface area contributed by atoms with Gasteiger partial charge in [-0.2, -0.15) is 0 Å². The van der Waals surface area contributed by atoms with Crippen LogP contribution in [0.15, 0.2) is 18.2 Å². The van der Waals surface area contributed by atoms with E-state index in [0.717, 1.165) is 6.07 Å². The fourth-order valence-corrected chi connectivity index (χ4v) is 4.16. The van der Waals surface area contributed by atoms with Crippen molar-refractivity contribution < 1.29 is 69.0 Å². The topological polar surface area (TPSA) is 260 Å². The van der Waals surface area contributed by atoms with Crippen molar-refractivity contribution >= 4 is 17.6 Å². The number of phenolic OH excluding ortho intramolecular Hbond substituents is 1. The van der Waals surface area contributed by atoms with Gasteiger partial charge in [-0.15, -0.1) is 0 Å². The third kappa shape index (κ3) is 6.49. The molecule has 2 heterocycles. The molecule has 2 aliphatic rings. The summed E-state index contributed by atoms with van der Waals surface area (Å²) in [6.45, 7) is -1.97. The Kier molecular flexibility index (Phi) is 10.2. The molecule has 10 N–H and O–H groups in total. The van der Waals surface area contributed by atoms with Crippen LogP contribution in [0.3, 0.4) is 0 Å². The normalized spacial score (nSPS) is 35.4. The summed E-state index contributed by atoms with van der Waals surface area (Å²) in [5.41, 5.74) is 5.44. The third-order valence-corrected chi connectivity index (χ3v) is 6.30. The summed E-state index contributed by atoms with van der Waals surface area (Å²) in [6, 6.07) is 2.79. The molecule has 10 atom stereocenters. The van der Waals surface area contributed by atoms with E-state index in [9.17, 15) is 45.3 Å². The first-order valence-electron chi connectivity index (χ1n) is 11.5. The molecule has 1 aromatic carbocycles. The summed E-state index contributed by atoms with van der Waals surface area (Å²) in [6.07, 6.45) is -13.2. The van der Waals surface area contributed by atoms with Crippen LogP contribution >= 0.6 is 0 Å². The number of hydrogen-bond acceptors (Lipinski definition) is 16. The number of esters is 2. The van der Waals surface area contributed by atoms with E-state index in [0.29, 0.717) is 0 Å². The highest BCUT2D eigenvalue weighted by atomic mass is 16.7. The van der Waals surface area contributed by atoms with Crippen LogP contribution in [0, 0.1) is 5.92 Å². The quantitative estimate of drug-likeness (QED) is 0.0612. The molecular weight excluding hydrogens is 516 g/mol. The van der Waals surface area contributed by atoms with Crippen molar-refractivity contribution in [3.05, 3.63) is 23.8 Å². The molecular formula is C22H32N2O14. The number of benzene rings is 1. The zero-order valence-electron chi connectivity index (χ0n) is 20.2. The molecule has 0 amide bonds. The number of hydrogen-bond donors (Lipinski definition) is 9. The highest BCUT2D eigenvalue weighted by molar-refractivity contribution is 5.93. The van der Waals surface area contributed by atoms with Crippen LogP contribution in [0.5, 0.6) is 5.75 Å². The number of aromatic hydroxyl groups is 1. The molecule has 0 spiro atoms. The molecule has 1 aromatic rings. The van der Waals surface area contributed by atoms with Gasteiger partial charge in [0.2, 0.25) is 6.79 Å². The standard InChI is InChI=1S/C22H32N2O14/c1-24-13-10(14(27)12(5-25)37-20(13)32)6-34-22-17(30)15(28)16(29)18(38-22)21(33)36-7-35-19(31)9-4-8(23)2-3-11(9)26/h2-4,10,12-18,20,22,24-30,32H,5-7,23H2,1H3/t10-,12?,13?,14+,15+,16-,17?,18?,20+,22+/m0/s1. The van der Waals surface area contributed by atoms with E-state index in [1.165, 1.54) is 19.2 Å². The number of rotatable bonds is 9. The van der Waals surface area contributed by atoms with Gasteiger partial charge in [0.1, 0.15) is 35.7 Å². The van der Waals surface area contributed by atoms with Gasteiger partial charge < -0.3 is 70.5 Å². The first kappa shape index (κ1) is 29.9. The number of likely N-dealkylation sites (N-methyl/N-ethyl adjacent to an activating group) is 1. The Morgan fingerprint density at radius 1 is 1.03 bits per heavy atom. The summed E-state index contributed by atoms with van der Waals surface area (Å²) in [5, 5.41) is 73.2. The summed E-state index contributed by atoms with van der Waals surface area (Å²) < 4.78 is 25.4. The van der Waals surface area contributed by atoms with E-state index in [4.69, 9.17) is 29.4 Å². The van der Waals surface area contributed by atoms with Crippen LogP contribution in [-0.4, -0.2) is 130 Å². The van der Waals surface area contributed by atoms with Crippen molar-refractivity contribution in [1.29, 1.82) is 0 Å². The number of carbonyl (C=O) groups excluding carboxylic acids is 2. The number of aliphatic hydroxyl groups excluding tert-OH is 6. The highest BCUT2D eigenvalue weighted by Gasteiger charge is 2.50. The second-order valence-corrected chi connectivity index (χ2v) is 8.74. The first-order valence-corrected chi connectivity index (χ1v) is 11.5. The molecule has 2 fully saturated rings. The molecule has 2 aliphatic heterocycles. The molecule has 0 radical (unpaired) electrons. The molecule has 2 saturated heterocycles. The zero-order chi connectivity index (χ0) is 28.1. The SMILES string of the molecule is CNC1[C@H](O)OC(CO)[C@H](O)[C@H]1CO[C@@H]1OC(C(=O)OCOC(=O)c2cc(N)ccc2O)[C@@H](O)[C@@H](O)C1O. The third-order valence-electron chi connectivity index (χ3n) is 6.30. The van der Waals surface area contributed by atoms with Crippen LogP contribution in [-0.2, 0) is 28.5 Å². The Morgan fingerprint density at radius 3 is 2.39 bits per heavy atom. The number of anilines is 1. The van der Waals surface area contributed by atoms with E-state index in [1.54, 1.807) is 0 Å². The first-order chi connectivity index (χ1) is 18.0. The summed E-state index contributed by atoms with van der Waals surface area (Å²) in [5.74, 6) is -3.67. The summed E-state index contributed by atoms with van der Waals surface area (Å²) >= 11 is 0. The van der Waals surface area contributed by atoms with E-state index in [2.05, 4.69) is 5.32 Å². The lowest BCUT2D eigenvalue weighted by molar-refractivity contribution is -0.307. The largest absolute Gasteiger partial charge is 0.507 e. The molecule has 4 unspecified atom stereocenters. The maximum absolute atomic E-state index is 12.5. The van der Waals surface area contributed by atoms with E-state index in [-0.39, 0.29) is 11.3 Å². The molecule has 0 aromatic heterocycles. The van der Waals surface area contributed by atoms with Gasteiger partial charge in [0.05, 0.1) is 25.4 Å². The van der Waals surface area contributed by atoms with Crippen molar-refractivity contribution in [1.82, 2.24) is 5.32 Å². The Labute approximate surface area is 216 Å².